The highest BCUT2D eigenvalue weighted by atomic mass is 16.5. The number of hydrogen-bond acceptors (Lipinski definition) is 2. The Labute approximate surface area is 84.8 Å². The molecule has 0 amide bonds. The van der Waals surface area contributed by atoms with Crippen molar-refractivity contribution in [3.8, 4) is 0 Å². The van der Waals surface area contributed by atoms with Gasteiger partial charge >= 0.3 is 0 Å². The lowest BCUT2D eigenvalue weighted by atomic mass is 10.0. The third-order valence-corrected chi connectivity index (χ3v) is 2.16. The summed E-state index contributed by atoms with van der Waals surface area (Å²) in [6.45, 7) is 5.52. The molecule has 2 nitrogen and oxygen atoms in total. The minimum Gasteiger partial charge on any atom is -0.510 e. The summed E-state index contributed by atoms with van der Waals surface area (Å²) >= 11 is 0. The minimum atomic E-state index is -0.309. The highest BCUT2D eigenvalue weighted by molar-refractivity contribution is 5.23. The van der Waals surface area contributed by atoms with Crippen molar-refractivity contribution in [1.82, 2.24) is 0 Å². The van der Waals surface area contributed by atoms with Gasteiger partial charge in [-0.3, -0.25) is 0 Å². The molecule has 0 radical (unpaired) electrons. The Morgan fingerprint density at radius 2 is 2.29 bits per heavy atom. The summed E-state index contributed by atoms with van der Waals surface area (Å²) in [5.74, 6) is 0.0778. The first-order valence-corrected chi connectivity index (χ1v) is 4.59. The summed E-state index contributed by atoms with van der Waals surface area (Å²) < 4.78 is 5.11. The van der Waals surface area contributed by atoms with Gasteiger partial charge in [0.25, 0.3) is 0 Å². The van der Waals surface area contributed by atoms with Crippen LogP contribution >= 0.6 is 0 Å². The molecule has 1 N–H and O–H groups in total. The zero-order chi connectivity index (χ0) is 10.6. The number of hydrogen-bond donors (Lipinski definition) is 1. The molecule has 0 aliphatic heterocycles. The zero-order valence-corrected chi connectivity index (χ0v) is 8.66. The van der Waals surface area contributed by atoms with Crippen molar-refractivity contribution in [2.45, 2.75) is 19.4 Å². The number of ether oxygens (including phenoxy) is 1. The van der Waals surface area contributed by atoms with Crippen LogP contribution in [-0.2, 0) is 11.2 Å². The summed E-state index contributed by atoms with van der Waals surface area (Å²) in [5, 5.41) is 9.22. The van der Waals surface area contributed by atoms with E-state index in [0.29, 0.717) is 6.42 Å². The fourth-order valence-electron chi connectivity index (χ4n) is 1.39. The van der Waals surface area contributed by atoms with E-state index in [4.69, 9.17) is 4.74 Å². The Morgan fingerprint density at radius 1 is 1.57 bits per heavy atom. The van der Waals surface area contributed by atoms with Crippen LogP contribution in [0.25, 0.3) is 0 Å². The second-order valence-corrected chi connectivity index (χ2v) is 3.41. The van der Waals surface area contributed by atoms with Gasteiger partial charge in [-0.15, -0.1) is 0 Å². The van der Waals surface area contributed by atoms with Crippen molar-refractivity contribution in [3.05, 3.63) is 47.7 Å². The Balaban J connectivity index is 2.72. The van der Waals surface area contributed by atoms with Crippen LogP contribution < -0.4 is 0 Å². The average Bonchev–Trinajstić information content (AvgIpc) is 2.14. The van der Waals surface area contributed by atoms with Gasteiger partial charge in [-0.25, -0.2) is 0 Å². The minimum absolute atomic E-state index is 0.0778. The van der Waals surface area contributed by atoms with Crippen LogP contribution in [0.2, 0.25) is 0 Å². The molecule has 1 unspecified atom stereocenters. The number of aliphatic hydroxyl groups is 1. The molecule has 0 aromatic heterocycles. The molecule has 1 atom stereocenters. The van der Waals surface area contributed by atoms with Crippen LogP contribution in [0.5, 0.6) is 0 Å². The van der Waals surface area contributed by atoms with Crippen molar-refractivity contribution in [1.29, 1.82) is 0 Å². The third kappa shape index (κ3) is 2.89. The Kier molecular flexibility index (Phi) is 3.72. The summed E-state index contributed by atoms with van der Waals surface area (Å²) in [6.07, 6.45) is 0.352. The van der Waals surface area contributed by atoms with E-state index in [1.165, 1.54) is 5.56 Å². The lowest BCUT2D eigenvalue weighted by Gasteiger charge is -2.13. The Bertz CT molecular complexity index is 318. The molecular weight excluding hydrogens is 176 g/mol. The molecular formula is C12H16O2. The zero-order valence-electron chi connectivity index (χ0n) is 8.66. The molecule has 0 aliphatic rings. The van der Waals surface area contributed by atoms with Gasteiger partial charge in [0.15, 0.2) is 0 Å². The maximum absolute atomic E-state index is 9.22. The third-order valence-electron chi connectivity index (χ3n) is 2.16. The molecule has 0 fully saturated rings. The quantitative estimate of drug-likeness (QED) is 0.743. The maximum atomic E-state index is 9.22. The Hall–Kier alpha value is -1.28. The first-order chi connectivity index (χ1) is 6.63. The molecule has 0 spiro atoms. The maximum Gasteiger partial charge on any atom is 0.117 e. The van der Waals surface area contributed by atoms with Crippen molar-refractivity contribution >= 4 is 0 Å². The van der Waals surface area contributed by atoms with E-state index in [0.717, 1.165) is 5.56 Å². The predicted molar refractivity (Wildman–Crippen MR) is 57.4 cm³/mol. The van der Waals surface area contributed by atoms with E-state index < -0.39 is 0 Å². The molecule has 0 saturated carbocycles. The molecule has 1 aromatic carbocycles. The predicted octanol–water partition coefficient (Wildman–Crippen LogP) is 2.62. The summed E-state index contributed by atoms with van der Waals surface area (Å²) in [6, 6.07) is 8.13. The highest BCUT2D eigenvalue weighted by Crippen LogP contribution is 2.11. The van der Waals surface area contributed by atoms with Crippen molar-refractivity contribution < 1.29 is 9.84 Å². The van der Waals surface area contributed by atoms with Crippen molar-refractivity contribution in [2.24, 2.45) is 0 Å². The fourth-order valence-corrected chi connectivity index (χ4v) is 1.39. The topological polar surface area (TPSA) is 29.5 Å². The lowest BCUT2D eigenvalue weighted by molar-refractivity contribution is 0.0945. The molecule has 0 aliphatic carbocycles. The summed E-state index contributed by atoms with van der Waals surface area (Å²) in [4.78, 5) is 0. The van der Waals surface area contributed by atoms with Gasteiger partial charge in [0, 0.05) is 13.5 Å². The monoisotopic (exact) mass is 192 g/mol. The van der Waals surface area contributed by atoms with Gasteiger partial charge in [0.1, 0.15) is 11.9 Å². The van der Waals surface area contributed by atoms with Gasteiger partial charge in [-0.1, -0.05) is 36.4 Å². The van der Waals surface area contributed by atoms with E-state index in [9.17, 15) is 5.11 Å². The van der Waals surface area contributed by atoms with Crippen LogP contribution in [0, 0.1) is 6.92 Å². The standard InChI is InChI=1S/C12H16O2/c1-9-5-4-6-11(7-9)8-12(14-3)10(2)13/h4-7,12-13H,2,8H2,1,3H3. The molecule has 0 bridgehead atoms. The van der Waals surface area contributed by atoms with Crippen LogP contribution in [-0.4, -0.2) is 18.3 Å². The average molecular weight is 192 g/mol. The van der Waals surface area contributed by atoms with Crippen LogP contribution in [0.15, 0.2) is 36.6 Å². The Morgan fingerprint density at radius 3 is 2.79 bits per heavy atom. The van der Waals surface area contributed by atoms with Crippen molar-refractivity contribution in [2.75, 3.05) is 7.11 Å². The largest absolute Gasteiger partial charge is 0.510 e. The van der Waals surface area contributed by atoms with Crippen molar-refractivity contribution in [3.63, 3.8) is 0 Å². The van der Waals surface area contributed by atoms with E-state index in [1.54, 1.807) is 7.11 Å². The number of aryl methyl sites for hydroxylation is 1. The van der Waals surface area contributed by atoms with E-state index in [2.05, 4.69) is 12.6 Å². The van der Waals surface area contributed by atoms with Crippen LogP contribution in [0.3, 0.4) is 0 Å². The molecule has 1 aromatic rings. The second-order valence-electron chi connectivity index (χ2n) is 3.41. The SMILES string of the molecule is C=C(O)C(Cc1cccc(C)c1)OC. The van der Waals surface area contributed by atoms with Gasteiger partial charge in [-0.2, -0.15) is 0 Å². The number of rotatable bonds is 4. The van der Waals surface area contributed by atoms with Gasteiger partial charge in [0.2, 0.25) is 0 Å². The molecule has 76 valence electrons. The molecule has 0 saturated heterocycles. The molecule has 1 rings (SSSR count). The smallest absolute Gasteiger partial charge is 0.117 e. The first-order valence-electron chi connectivity index (χ1n) is 4.59. The number of aliphatic hydroxyl groups excluding tert-OH is 1. The van der Waals surface area contributed by atoms with Crippen LogP contribution in [0.4, 0.5) is 0 Å². The lowest BCUT2D eigenvalue weighted by Crippen LogP contribution is -2.16. The normalized spacial score (nSPS) is 12.4. The molecule has 0 heterocycles. The van der Waals surface area contributed by atoms with Gasteiger partial charge in [-0.05, 0) is 12.5 Å². The summed E-state index contributed by atoms with van der Waals surface area (Å²) in [5.41, 5.74) is 2.35. The van der Waals surface area contributed by atoms with E-state index in [-0.39, 0.29) is 11.9 Å². The molecule has 2 heteroatoms. The van der Waals surface area contributed by atoms with Crippen LogP contribution in [0.1, 0.15) is 11.1 Å². The van der Waals surface area contributed by atoms with E-state index in [1.807, 2.05) is 25.1 Å². The molecule has 14 heavy (non-hydrogen) atoms. The van der Waals surface area contributed by atoms with Gasteiger partial charge < -0.3 is 9.84 Å². The highest BCUT2D eigenvalue weighted by Gasteiger charge is 2.10. The van der Waals surface area contributed by atoms with E-state index >= 15 is 0 Å². The number of methoxy groups -OCH3 is 1. The number of benzene rings is 1. The fraction of sp³-hybridized carbons (Fsp3) is 0.333. The first kappa shape index (κ1) is 10.8. The summed E-state index contributed by atoms with van der Waals surface area (Å²) in [7, 11) is 1.57. The second kappa shape index (κ2) is 4.82. The van der Waals surface area contributed by atoms with Gasteiger partial charge in [0.05, 0.1) is 0 Å².